The molecule has 0 radical (unpaired) electrons. The third-order valence-electron chi connectivity index (χ3n) is 5.71. The number of nitriles is 1. The van der Waals surface area contributed by atoms with E-state index in [9.17, 15) is 25.0 Å². The number of anilines is 1. The first-order valence-electron chi connectivity index (χ1n) is 10.9. The van der Waals surface area contributed by atoms with Crippen molar-refractivity contribution in [2.24, 2.45) is 5.92 Å². The highest BCUT2D eigenvalue weighted by molar-refractivity contribution is 6.15. The number of Topliss-reactive ketones (excluding diaryl/α,β-unsaturated/α-hetero) is 1. The minimum absolute atomic E-state index is 0.0270. The minimum atomic E-state index is -1.67. The number of ketones is 1. The van der Waals surface area contributed by atoms with Crippen molar-refractivity contribution in [2.75, 3.05) is 5.32 Å². The number of nitro groups is 1. The van der Waals surface area contributed by atoms with Gasteiger partial charge in [-0.1, -0.05) is 36.4 Å². The topological polar surface area (TPSA) is 140 Å². The molecule has 3 aromatic carbocycles. The number of ether oxygens (including phenoxy) is 1. The Labute approximate surface area is 204 Å². The Balaban J connectivity index is 1.62. The second-order valence-electron chi connectivity index (χ2n) is 7.93. The fourth-order valence-corrected chi connectivity index (χ4v) is 4.03. The van der Waals surface area contributed by atoms with Crippen LogP contribution in [0.1, 0.15) is 16.1 Å². The SMILES string of the molecule is N#CC(C(=O)Nc1ccccc1)C(=O)c1nn(-c2cccc([N+](=O)[O-])c2)c2c1COc1ccccc1-2. The van der Waals surface area contributed by atoms with Crippen LogP contribution >= 0.6 is 0 Å². The van der Waals surface area contributed by atoms with Crippen molar-refractivity contribution in [3.8, 4) is 28.8 Å². The van der Waals surface area contributed by atoms with Crippen LogP contribution in [0.5, 0.6) is 5.75 Å². The molecule has 0 bridgehead atoms. The first kappa shape index (κ1) is 22.5. The van der Waals surface area contributed by atoms with Crippen LogP contribution in [0, 0.1) is 27.4 Å². The van der Waals surface area contributed by atoms with Gasteiger partial charge in [-0.3, -0.25) is 19.7 Å². The van der Waals surface area contributed by atoms with Crippen molar-refractivity contribution in [2.45, 2.75) is 6.61 Å². The van der Waals surface area contributed by atoms with Gasteiger partial charge in [-0.25, -0.2) is 4.68 Å². The summed E-state index contributed by atoms with van der Waals surface area (Å²) in [4.78, 5) is 37.1. The van der Waals surface area contributed by atoms with Crippen molar-refractivity contribution < 1.29 is 19.2 Å². The molecule has 2 heterocycles. The summed E-state index contributed by atoms with van der Waals surface area (Å²) in [5.74, 6) is -2.70. The van der Waals surface area contributed by atoms with Crippen LogP contribution in [0.15, 0.2) is 78.9 Å². The Morgan fingerprint density at radius 1 is 1.08 bits per heavy atom. The zero-order valence-corrected chi connectivity index (χ0v) is 18.6. The lowest BCUT2D eigenvalue weighted by atomic mass is 9.96. The molecule has 0 fully saturated rings. The summed E-state index contributed by atoms with van der Waals surface area (Å²) in [5, 5.41) is 28.1. The maximum absolute atomic E-state index is 13.5. The van der Waals surface area contributed by atoms with Gasteiger partial charge in [0.2, 0.25) is 11.7 Å². The average Bonchev–Trinajstić information content (AvgIpc) is 3.30. The number of rotatable bonds is 6. The lowest BCUT2D eigenvalue weighted by Crippen LogP contribution is -2.29. The number of carbonyl (C=O) groups is 2. The number of amides is 1. The number of hydrogen-bond acceptors (Lipinski definition) is 7. The smallest absolute Gasteiger partial charge is 0.271 e. The van der Waals surface area contributed by atoms with Gasteiger partial charge in [0.05, 0.1) is 22.4 Å². The van der Waals surface area contributed by atoms with E-state index in [0.717, 1.165) is 0 Å². The zero-order chi connectivity index (χ0) is 25.2. The molecule has 10 heteroatoms. The molecule has 1 N–H and O–H groups in total. The molecule has 0 spiro atoms. The largest absolute Gasteiger partial charge is 0.488 e. The van der Waals surface area contributed by atoms with E-state index in [0.29, 0.717) is 33.9 Å². The van der Waals surface area contributed by atoms with E-state index in [1.165, 1.54) is 22.9 Å². The number of nitro benzene ring substituents is 1. The summed E-state index contributed by atoms with van der Waals surface area (Å²) < 4.78 is 7.24. The first-order valence-corrected chi connectivity index (χ1v) is 10.9. The monoisotopic (exact) mass is 479 g/mol. The van der Waals surface area contributed by atoms with Gasteiger partial charge in [-0.15, -0.1) is 0 Å². The summed E-state index contributed by atoms with van der Waals surface area (Å²) in [6.07, 6.45) is 0. The molecule has 4 aromatic rings. The Kier molecular flexibility index (Phi) is 5.72. The summed E-state index contributed by atoms with van der Waals surface area (Å²) >= 11 is 0. The summed E-state index contributed by atoms with van der Waals surface area (Å²) in [6, 6.07) is 23.2. The molecule has 5 rings (SSSR count). The zero-order valence-electron chi connectivity index (χ0n) is 18.6. The molecular weight excluding hydrogens is 462 g/mol. The molecule has 176 valence electrons. The number of para-hydroxylation sites is 2. The average molecular weight is 479 g/mol. The van der Waals surface area contributed by atoms with E-state index in [-0.39, 0.29) is 18.0 Å². The van der Waals surface area contributed by atoms with Crippen LogP contribution in [0.2, 0.25) is 0 Å². The van der Waals surface area contributed by atoms with Gasteiger partial charge in [-0.05, 0) is 30.3 Å². The van der Waals surface area contributed by atoms with E-state index in [2.05, 4.69) is 10.4 Å². The fourth-order valence-electron chi connectivity index (χ4n) is 4.03. The van der Waals surface area contributed by atoms with E-state index >= 15 is 0 Å². The lowest BCUT2D eigenvalue weighted by Gasteiger charge is -2.19. The van der Waals surface area contributed by atoms with Crippen molar-refractivity contribution >= 4 is 23.1 Å². The second kappa shape index (κ2) is 9.15. The van der Waals surface area contributed by atoms with Gasteiger partial charge >= 0.3 is 0 Å². The van der Waals surface area contributed by atoms with Gasteiger partial charge in [-0.2, -0.15) is 10.4 Å². The normalized spacial score (nSPS) is 12.3. The van der Waals surface area contributed by atoms with Gasteiger partial charge < -0.3 is 10.1 Å². The van der Waals surface area contributed by atoms with Crippen molar-refractivity contribution in [3.05, 3.63) is 100 Å². The highest BCUT2D eigenvalue weighted by Gasteiger charge is 2.36. The highest BCUT2D eigenvalue weighted by Crippen LogP contribution is 2.40. The Hall–Kier alpha value is -5.30. The summed E-state index contributed by atoms with van der Waals surface area (Å²) in [6.45, 7) is -0.0270. The number of fused-ring (bicyclic) bond motifs is 3. The highest BCUT2D eigenvalue weighted by atomic mass is 16.6. The standard InChI is InChI=1S/C26H17N5O5/c27-14-20(26(33)28-16-7-2-1-3-8-16)25(32)23-21-15-36-22-12-5-4-11-19(22)24(21)30(29-23)17-9-6-10-18(13-17)31(34)35/h1-13,20H,15H2,(H,28,33). The van der Waals surface area contributed by atoms with Crippen LogP contribution in [0.3, 0.4) is 0 Å². The molecule has 1 aliphatic heterocycles. The number of aromatic nitrogens is 2. The van der Waals surface area contributed by atoms with Gasteiger partial charge in [0.15, 0.2) is 5.92 Å². The van der Waals surface area contributed by atoms with Crippen LogP contribution in [0.25, 0.3) is 16.9 Å². The van der Waals surface area contributed by atoms with E-state index in [1.807, 2.05) is 0 Å². The predicted molar refractivity (Wildman–Crippen MR) is 128 cm³/mol. The van der Waals surface area contributed by atoms with Crippen LogP contribution in [-0.4, -0.2) is 26.4 Å². The molecule has 0 saturated carbocycles. The maximum atomic E-state index is 13.5. The molecule has 36 heavy (non-hydrogen) atoms. The van der Waals surface area contributed by atoms with Crippen molar-refractivity contribution in [3.63, 3.8) is 0 Å². The Morgan fingerprint density at radius 3 is 2.58 bits per heavy atom. The molecular formula is C26H17N5O5. The van der Waals surface area contributed by atoms with E-state index in [4.69, 9.17) is 4.74 Å². The quantitative estimate of drug-likeness (QED) is 0.188. The van der Waals surface area contributed by atoms with Crippen molar-refractivity contribution in [1.29, 1.82) is 5.26 Å². The fraction of sp³-hybridized carbons (Fsp3) is 0.0769. The molecule has 1 aromatic heterocycles. The van der Waals surface area contributed by atoms with Gasteiger partial charge in [0, 0.05) is 28.9 Å². The maximum Gasteiger partial charge on any atom is 0.271 e. The number of carbonyl (C=O) groups excluding carboxylic acids is 2. The first-order chi connectivity index (χ1) is 17.5. The van der Waals surface area contributed by atoms with Gasteiger partial charge in [0.25, 0.3) is 5.69 Å². The molecule has 0 aliphatic carbocycles. The molecule has 10 nitrogen and oxygen atoms in total. The predicted octanol–water partition coefficient (Wildman–Crippen LogP) is 4.30. The summed E-state index contributed by atoms with van der Waals surface area (Å²) in [7, 11) is 0. The number of non-ortho nitro benzene ring substituents is 1. The molecule has 1 aliphatic rings. The Bertz CT molecular complexity index is 1550. The van der Waals surface area contributed by atoms with Crippen LogP contribution in [0.4, 0.5) is 11.4 Å². The second-order valence-corrected chi connectivity index (χ2v) is 7.93. The molecule has 1 atom stereocenters. The molecule has 0 saturated heterocycles. The van der Waals surface area contributed by atoms with E-state index < -0.39 is 22.5 Å². The van der Waals surface area contributed by atoms with Gasteiger partial charge in [0.1, 0.15) is 18.1 Å². The number of hydrogen-bond donors (Lipinski definition) is 1. The summed E-state index contributed by atoms with van der Waals surface area (Å²) in [5.41, 5.74) is 2.04. The minimum Gasteiger partial charge on any atom is -0.488 e. The molecule has 1 amide bonds. The van der Waals surface area contributed by atoms with Crippen molar-refractivity contribution in [1.82, 2.24) is 9.78 Å². The van der Waals surface area contributed by atoms with Crippen LogP contribution < -0.4 is 10.1 Å². The molecule has 1 unspecified atom stereocenters. The number of benzene rings is 3. The third kappa shape index (κ3) is 3.95. The Morgan fingerprint density at radius 2 is 1.83 bits per heavy atom. The van der Waals surface area contributed by atoms with Crippen LogP contribution in [-0.2, 0) is 11.4 Å². The number of nitrogens with one attached hydrogen (secondary N) is 1. The number of nitrogens with zero attached hydrogens (tertiary/aromatic N) is 4. The lowest BCUT2D eigenvalue weighted by molar-refractivity contribution is -0.384. The van der Waals surface area contributed by atoms with E-state index in [1.54, 1.807) is 66.7 Å². The third-order valence-corrected chi connectivity index (χ3v) is 5.71.